The zero-order valence-corrected chi connectivity index (χ0v) is 10.3. The molecule has 4 unspecified atom stereocenters. The summed E-state index contributed by atoms with van der Waals surface area (Å²) < 4.78 is 0. The van der Waals surface area contributed by atoms with Gasteiger partial charge >= 0.3 is 0 Å². The highest BCUT2D eigenvalue weighted by Gasteiger charge is 2.51. The van der Waals surface area contributed by atoms with Crippen molar-refractivity contribution >= 4 is 5.69 Å². The minimum absolute atomic E-state index is 0.570. The van der Waals surface area contributed by atoms with E-state index >= 15 is 0 Å². The first kappa shape index (κ1) is 9.95. The fraction of sp³-hybridized carbons (Fsp3) is 0.600. The second kappa shape index (κ2) is 3.26. The number of piperidine rings is 1. The molecule has 2 fully saturated rings. The summed E-state index contributed by atoms with van der Waals surface area (Å²) in [6.45, 7) is 2.33. The van der Waals surface area contributed by atoms with Gasteiger partial charge in [-0.05, 0) is 48.8 Å². The smallest absolute Gasteiger partial charge is 0.0357 e. The molecule has 2 aliphatic heterocycles. The lowest BCUT2D eigenvalue weighted by Crippen LogP contribution is -2.53. The minimum Gasteiger partial charge on any atom is -0.398 e. The van der Waals surface area contributed by atoms with Crippen LogP contribution in [0.5, 0.6) is 0 Å². The molecule has 2 heterocycles. The molecule has 5 rings (SSSR count). The molecule has 1 aromatic carbocycles. The van der Waals surface area contributed by atoms with Crippen LogP contribution in [0.1, 0.15) is 49.3 Å². The average molecular weight is 228 g/mol. The third-order valence-corrected chi connectivity index (χ3v) is 5.34. The molecule has 1 saturated heterocycles. The van der Waals surface area contributed by atoms with Gasteiger partial charge in [0.1, 0.15) is 0 Å². The molecule has 2 heteroatoms. The molecule has 1 saturated carbocycles. The summed E-state index contributed by atoms with van der Waals surface area (Å²) in [5.74, 6) is 2.41. The first-order chi connectivity index (χ1) is 8.27. The first-order valence-corrected chi connectivity index (χ1v) is 6.91. The third-order valence-electron chi connectivity index (χ3n) is 5.34. The Balaban J connectivity index is 1.94. The van der Waals surface area contributed by atoms with Crippen molar-refractivity contribution in [2.75, 3.05) is 5.73 Å². The highest BCUT2D eigenvalue weighted by Crippen LogP contribution is 2.58. The average Bonchev–Trinajstić information content (AvgIpc) is 2.79. The van der Waals surface area contributed by atoms with Gasteiger partial charge in [-0.3, -0.25) is 0 Å². The molecule has 0 aromatic heterocycles. The molecule has 90 valence electrons. The van der Waals surface area contributed by atoms with Gasteiger partial charge in [0.25, 0.3) is 0 Å². The SMILES string of the molecule is C[C@H]1NC2c3cccc(N)c3C1C1CCCC21. The fourth-order valence-electron chi connectivity index (χ4n) is 4.80. The quantitative estimate of drug-likeness (QED) is 0.670. The number of nitrogens with one attached hydrogen (secondary N) is 1. The molecular formula is C15H20N2. The zero-order valence-electron chi connectivity index (χ0n) is 10.3. The van der Waals surface area contributed by atoms with E-state index in [0.29, 0.717) is 18.0 Å². The number of nitrogens with two attached hydrogens (primary N) is 1. The Morgan fingerprint density at radius 1 is 1.24 bits per heavy atom. The van der Waals surface area contributed by atoms with Crippen molar-refractivity contribution in [3.05, 3.63) is 29.3 Å². The number of anilines is 1. The van der Waals surface area contributed by atoms with E-state index in [-0.39, 0.29) is 0 Å². The summed E-state index contributed by atoms with van der Waals surface area (Å²) >= 11 is 0. The van der Waals surface area contributed by atoms with Crippen molar-refractivity contribution in [2.45, 2.75) is 44.2 Å². The lowest BCUT2D eigenvalue weighted by Gasteiger charge is -2.51. The summed E-state index contributed by atoms with van der Waals surface area (Å²) in [5.41, 5.74) is 10.2. The van der Waals surface area contributed by atoms with Gasteiger partial charge < -0.3 is 11.1 Å². The van der Waals surface area contributed by atoms with Gasteiger partial charge in [-0.25, -0.2) is 0 Å². The van der Waals surface area contributed by atoms with Crippen LogP contribution in [-0.4, -0.2) is 6.04 Å². The van der Waals surface area contributed by atoms with E-state index in [0.717, 1.165) is 17.5 Å². The predicted octanol–water partition coefficient (Wildman–Crippen LogP) is 2.82. The molecule has 0 spiro atoms. The number of benzene rings is 1. The predicted molar refractivity (Wildman–Crippen MR) is 69.8 cm³/mol. The molecule has 2 aliphatic carbocycles. The number of fused-ring (bicyclic) bond motifs is 1. The molecule has 4 aliphatic rings. The van der Waals surface area contributed by atoms with E-state index in [9.17, 15) is 0 Å². The topological polar surface area (TPSA) is 38.0 Å². The maximum Gasteiger partial charge on any atom is 0.0357 e. The maximum absolute atomic E-state index is 6.25. The molecule has 0 amide bonds. The number of rotatable bonds is 0. The van der Waals surface area contributed by atoms with Crippen LogP contribution in [0.4, 0.5) is 5.69 Å². The van der Waals surface area contributed by atoms with E-state index in [2.05, 4.69) is 30.4 Å². The normalized spacial score (nSPS) is 42.3. The van der Waals surface area contributed by atoms with Crippen molar-refractivity contribution in [2.24, 2.45) is 11.8 Å². The molecule has 1 aromatic rings. The van der Waals surface area contributed by atoms with Crippen LogP contribution in [-0.2, 0) is 0 Å². The van der Waals surface area contributed by atoms with Gasteiger partial charge in [0, 0.05) is 23.7 Å². The third kappa shape index (κ3) is 1.14. The van der Waals surface area contributed by atoms with Crippen LogP contribution >= 0.6 is 0 Å². The molecule has 2 bridgehead atoms. The van der Waals surface area contributed by atoms with E-state index in [1.165, 1.54) is 30.4 Å². The Morgan fingerprint density at radius 3 is 2.94 bits per heavy atom. The summed E-state index contributed by atoms with van der Waals surface area (Å²) in [6.07, 6.45) is 4.22. The summed E-state index contributed by atoms with van der Waals surface area (Å²) in [6, 6.07) is 7.65. The van der Waals surface area contributed by atoms with Gasteiger partial charge in [-0.2, -0.15) is 0 Å². The second-order valence-electron chi connectivity index (χ2n) is 6.07. The lowest BCUT2D eigenvalue weighted by molar-refractivity contribution is 0.129. The Morgan fingerprint density at radius 2 is 2.06 bits per heavy atom. The summed E-state index contributed by atoms with van der Waals surface area (Å²) in [5, 5.41) is 3.82. The molecule has 0 radical (unpaired) electrons. The van der Waals surface area contributed by atoms with Crippen molar-refractivity contribution in [3.8, 4) is 0 Å². The molecule has 5 atom stereocenters. The van der Waals surface area contributed by atoms with E-state index in [1.54, 1.807) is 0 Å². The lowest BCUT2D eigenvalue weighted by atomic mass is 9.61. The number of hydrogen-bond acceptors (Lipinski definition) is 2. The Labute approximate surface area is 103 Å². The largest absolute Gasteiger partial charge is 0.398 e. The monoisotopic (exact) mass is 228 g/mol. The van der Waals surface area contributed by atoms with Crippen molar-refractivity contribution in [1.82, 2.24) is 5.32 Å². The molecular weight excluding hydrogens is 208 g/mol. The summed E-state index contributed by atoms with van der Waals surface area (Å²) in [7, 11) is 0. The second-order valence-corrected chi connectivity index (χ2v) is 6.07. The van der Waals surface area contributed by atoms with Crippen LogP contribution in [0.25, 0.3) is 0 Å². The van der Waals surface area contributed by atoms with Gasteiger partial charge in [-0.1, -0.05) is 18.6 Å². The standard InChI is InChI=1S/C15H20N2/c1-8-13-9-4-2-5-10(9)15(17-8)11-6-3-7-12(16)14(11)13/h3,6-10,13,15,17H,2,4-5,16H2,1H3/t8-,9?,10?,13?,15?/m1/s1. The van der Waals surface area contributed by atoms with Gasteiger partial charge in [0.2, 0.25) is 0 Å². The van der Waals surface area contributed by atoms with Crippen molar-refractivity contribution < 1.29 is 0 Å². The van der Waals surface area contributed by atoms with E-state index in [4.69, 9.17) is 5.73 Å². The molecule has 17 heavy (non-hydrogen) atoms. The van der Waals surface area contributed by atoms with Crippen LogP contribution in [0.15, 0.2) is 18.2 Å². The van der Waals surface area contributed by atoms with Crippen LogP contribution < -0.4 is 11.1 Å². The Kier molecular flexibility index (Phi) is 1.91. The highest BCUT2D eigenvalue weighted by atomic mass is 15.0. The number of nitrogen functional groups attached to an aromatic ring is 1. The summed E-state index contributed by atoms with van der Waals surface area (Å²) in [4.78, 5) is 0. The van der Waals surface area contributed by atoms with Gasteiger partial charge in [0.05, 0.1) is 0 Å². The van der Waals surface area contributed by atoms with Crippen molar-refractivity contribution in [1.29, 1.82) is 0 Å². The van der Waals surface area contributed by atoms with Gasteiger partial charge in [-0.15, -0.1) is 0 Å². The number of hydrogen-bond donors (Lipinski definition) is 2. The van der Waals surface area contributed by atoms with Crippen molar-refractivity contribution in [3.63, 3.8) is 0 Å². The Bertz CT molecular complexity index is 468. The first-order valence-electron chi connectivity index (χ1n) is 6.91. The maximum atomic E-state index is 6.25. The zero-order chi connectivity index (χ0) is 11.6. The van der Waals surface area contributed by atoms with E-state index in [1.807, 2.05) is 0 Å². The molecule has 3 N–H and O–H groups in total. The van der Waals surface area contributed by atoms with Crippen LogP contribution in [0.3, 0.4) is 0 Å². The van der Waals surface area contributed by atoms with E-state index < -0.39 is 0 Å². The highest BCUT2D eigenvalue weighted by molar-refractivity contribution is 5.57. The fourth-order valence-corrected chi connectivity index (χ4v) is 4.80. The Hall–Kier alpha value is -1.02. The minimum atomic E-state index is 0.570. The van der Waals surface area contributed by atoms with Crippen LogP contribution in [0.2, 0.25) is 0 Å². The molecule has 2 nitrogen and oxygen atoms in total. The van der Waals surface area contributed by atoms with Crippen LogP contribution in [0, 0.1) is 11.8 Å². The van der Waals surface area contributed by atoms with Gasteiger partial charge in [0.15, 0.2) is 0 Å².